The van der Waals surface area contributed by atoms with Crippen LogP contribution in [0.15, 0.2) is 29.2 Å². The van der Waals surface area contributed by atoms with E-state index in [1.54, 1.807) is 12.1 Å². The number of aliphatic hydroxyl groups excluding tert-OH is 1. The van der Waals surface area contributed by atoms with Crippen molar-refractivity contribution in [3.8, 4) is 0 Å². The van der Waals surface area contributed by atoms with Gasteiger partial charge in [-0.1, -0.05) is 26.0 Å². The second-order valence-electron chi connectivity index (χ2n) is 5.20. The summed E-state index contributed by atoms with van der Waals surface area (Å²) in [6.07, 6.45) is 0. The molecule has 1 aromatic carbocycles. The van der Waals surface area contributed by atoms with Crippen molar-refractivity contribution in [2.75, 3.05) is 6.61 Å². The summed E-state index contributed by atoms with van der Waals surface area (Å²) in [5.74, 6) is 0.546. The Labute approximate surface area is 102 Å². The van der Waals surface area contributed by atoms with Gasteiger partial charge in [-0.25, -0.2) is 13.6 Å². The standard InChI is InChI=1S/C12H17NO3S/c1-12(2)10(7-14)11(12)8-3-5-9(6-4-8)17(13,15)16/h3-6,10-11,14H,7H2,1-2H3,(H2,13,15,16)/t10-,11-/m0/s1. The van der Waals surface area contributed by atoms with E-state index in [9.17, 15) is 13.5 Å². The zero-order valence-electron chi connectivity index (χ0n) is 9.92. The average molecular weight is 255 g/mol. The Morgan fingerprint density at radius 3 is 2.18 bits per heavy atom. The van der Waals surface area contributed by atoms with Crippen molar-refractivity contribution in [2.45, 2.75) is 24.7 Å². The largest absolute Gasteiger partial charge is 0.396 e. The summed E-state index contributed by atoms with van der Waals surface area (Å²) in [7, 11) is -3.62. The molecule has 94 valence electrons. The molecule has 5 heteroatoms. The highest BCUT2D eigenvalue weighted by molar-refractivity contribution is 7.89. The number of hydrogen-bond donors (Lipinski definition) is 2. The molecule has 2 atom stereocenters. The van der Waals surface area contributed by atoms with Crippen LogP contribution in [0.5, 0.6) is 0 Å². The highest BCUT2D eigenvalue weighted by atomic mass is 32.2. The van der Waals surface area contributed by atoms with E-state index < -0.39 is 10.0 Å². The van der Waals surface area contributed by atoms with Crippen molar-refractivity contribution < 1.29 is 13.5 Å². The highest BCUT2D eigenvalue weighted by Gasteiger charge is 2.57. The Morgan fingerprint density at radius 2 is 1.82 bits per heavy atom. The van der Waals surface area contributed by atoms with E-state index in [1.807, 2.05) is 0 Å². The minimum Gasteiger partial charge on any atom is -0.396 e. The van der Waals surface area contributed by atoms with Gasteiger partial charge in [0.1, 0.15) is 0 Å². The molecule has 0 aliphatic heterocycles. The van der Waals surface area contributed by atoms with Crippen LogP contribution >= 0.6 is 0 Å². The Hall–Kier alpha value is -0.910. The van der Waals surface area contributed by atoms with Crippen LogP contribution in [0.4, 0.5) is 0 Å². The lowest BCUT2D eigenvalue weighted by Gasteiger charge is -2.04. The lowest BCUT2D eigenvalue weighted by molar-refractivity contribution is 0.256. The molecule has 4 nitrogen and oxygen atoms in total. The Bertz CT molecular complexity index is 519. The molecule has 1 aliphatic carbocycles. The number of sulfonamides is 1. The summed E-state index contributed by atoms with van der Waals surface area (Å²) in [6, 6.07) is 6.60. The van der Waals surface area contributed by atoms with Gasteiger partial charge in [-0.05, 0) is 34.9 Å². The Morgan fingerprint density at radius 1 is 1.29 bits per heavy atom. The number of benzene rings is 1. The maximum absolute atomic E-state index is 11.1. The normalized spacial score (nSPS) is 26.8. The first-order valence-corrected chi connectivity index (χ1v) is 7.06. The van der Waals surface area contributed by atoms with Crippen molar-refractivity contribution in [1.29, 1.82) is 0 Å². The molecule has 1 aromatic rings. The first-order chi connectivity index (χ1) is 7.78. The smallest absolute Gasteiger partial charge is 0.238 e. The second-order valence-corrected chi connectivity index (χ2v) is 6.76. The van der Waals surface area contributed by atoms with E-state index in [0.717, 1.165) is 5.56 Å². The first kappa shape index (κ1) is 12.5. The molecule has 1 fully saturated rings. The molecule has 1 saturated carbocycles. The fourth-order valence-electron chi connectivity index (χ4n) is 2.61. The van der Waals surface area contributed by atoms with Gasteiger partial charge in [0, 0.05) is 6.61 Å². The predicted molar refractivity (Wildman–Crippen MR) is 64.9 cm³/mol. The van der Waals surface area contributed by atoms with Crippen molar-refractivity contribution in [3.63, 3.8) is 0 Å². The zero-order valence-corrected chi connectivity index (χ0v) is 10.7. The lowest BCUT2D eigenvalue weighted by Crippen LogP contribution is -2.11. The summed E-state index contributed by atoms with van der Waals surface area (Å²) < 4.78 is 22.2. The molecule has 1 aliphatic rings. The topological polar surface area (TPSA) is 80.4 Å². The molecule has 3 N–H and O–H groups in total. The van der Waals surface area contributed by atoms with Crippen molar-refractivity contribution >= 4 is 10.0 Å². The van der Waals surface area contributed by atoms with Gasteiger partial charge in [0.25, 0.3) is 0 Å². The molecule has 17 heavy (non-hydrogen) atoms. The van der Waals surface area contributed by atoms with Crippen LogP contribution in [-0.2, 0) is 10.0 Å². The van der Waals surface area contributed by atoms with Gasteiger partial charge in [-0.15, -0.1) is 0 Å². The van der Waals surface area contributed by atoms with Crippen LogP contribution in [0.2, 0.25) is 0 Å². The quantitative estimate of drug-likeness (QED) is 0.847. The highest BCUT2D eigenvalue weighted by Crippen LogP contribution is 2.63. The molecule has 0 bridgehead atoms. The average Bonchev–Trinajstić information content (AvgIpc) is 2.79. The summed E-state index contributed by atoms with van der Waals surface area (Å²) in [4.78, 5) is 0.125. The van der Waals surface area contributed by atoms with E-state index in [0.29, 0.717) is 5.92 Å². The monoisotopic (exact) mass is 255 g/mol. The molecule has 0 aromatic heterocycles. The molecule has 0 amide bonds. The van der Waals surface area contributed by atoms with E-state index in [2.05, 4.69) is 13.8 Å². The molecule has 0 saturated heterocycles. The Kier molecular flexibility index (Phi) is 2.80. The minimum absolute atomic E-state index is 0.0812. The maximum Gasteiger partial charge on any atom is 0.238 e. The summed E-state index contributed by atoms with van der Waals surface area (Å²) in [5.41, 5.74) is 1.14. The number of aliphatic hydroxyl groups is 1. The lowest BCUT2D eigenvalue weighted by atomic mass is 10.0. The molecule has 0 unspecified atom stereocenters. The van der Waals surface area contributed by atoms with Crippen LogP contribution in [0.25, 0.3) is 0 Å². The van der Waals surface area contributed by atoms with Crippen molar-refractivity contribution in [3.05, 3.63) is 29.8 Å². The first-order valence-electron chi connectivity index (χ1n) is 5.52. The zero-order chi connectivity index (χ0) is 12.8. The van der Waals surface area contributed by atoms with Gasteiger partial charge in [-0.2, -0.15) is 0 Å². The number of hydrogen-bond acceptors (Lipinski definition) is 3. The number of primary sulfonamides is 1. The minimum atomic E-state index is -3.62. The van der Waals surface area contributed by atoms with Crippen LogP contribution in [0.3, 0.4) is 0 Å². The van der Waals surface area contributed by atoms with E-state index in [4.69, 9.17) is 5.14 Å². The van der Waals surface area contributed by atoms with E-state index in [1.165, 1.54) is 12.1 Å². The predicted octanol–water partition coefficient (Wildman–Crippen LogP) is 1.07. The third-order valence-corrected chi connectivity index (χ3v) is 4.74. The summed E-state index contributed by atoms with van der Waals surface area (Å²) in [6.45, 7) is 4.37. The molecular weight excluding hydrogens is 238 g/mol. The van der Waals surface area contributed by atoms with Crippen molar-refractivity contribution in [2.24, 2.45) is 16.5 Å². The third-order valence-electron chi connectivity index (χ3n) is 3.81. The van der Waals surface area contributed by atoms with Crippen molar-refractivity contribution in [1.82, 2.24) is 0 Å². The SMILES string of the molecule is CC1(C)[C@@H](CO)[C@@H]1c1ccc(S(N)(=O)=O)cc1. The molecule has 0 spiro atoms. The Balaban J connectivity index is 2.27. The van der Waals surface area contributed by atoms with Gasteiger partial charge in [-0.3, -0.25) is 0 Å². The molecular formula is C12H17NO3S. The van der Waals surface area contributed by atoms with Crippen LogP contribution in [-0.4, -0.2) is 20.1 Å². The molecule has 0 radical (unpaired) electrons. The van der Waals surface area contributed by atoms with Crippen LogP contribution in [0, 0.1) is 11.3 Å². The fraction of sp³-hybridized carbons (Fsp3) is 0.500. The third kappa shape index (κ3) is 2.10. The van der Waals surface area contributed by atoms with Crippen LogP contribution in [0.1, 0.15) is 25.3 Å². The van der Waals surface area contributed by atoms with Gasteiger partial charge in [0.15, 0.2) is 0 Å². The van der Waals surface area contributed by atoms with Gasteiger partial charge in [0.2, 0.25) is 10.0 Å². The van der Waals surface area contributed by atoms with Gasteiger partial charge < -0.3 is 5.11 Å². The summed E-state index contributed by atoms with van der Waals surface area (Å²) in [5, 5.41) is 14.3. The van der Waals surface area contributed by atoms with Gasteiger partial charge >= 0.3 is 0 Å². The number of rotatable bonds is 3. The van der Waals surface area contributed by atoms with E-state index >= 15 is 0 Å². The maximum atomic E-state index is 11.1. The number of nitrogens with two attached hydrogens (primary N) is 1. The second kappa shape index (κ2) is 3.80. The van der Waals surface area contributed by atoms with Crippen LogP contribution < -0.4 is 5.14 Å². The van der Waals surface area contributed by atoms with E-state index in [-0.39, 0.29) is 22.8 Å². The molecule has 2 rings (SSSR count). The summed E-state index contributed by atoms with van der Waals surface area (Å²) >= 11 is 0. The van der Waals surface area contributed by atoms with Gasteiger partial charge in [0.05, 0.1) is 4.90 Å². The molecule has 0 heterocycles. The fourth-order valence-corrected chi connectivity index (χ4v) is 3.13.